The summed E-state index contributed by atoms with van der Waals surface area (Å²) in [5.41, 5.74) is 6.79. The third-order valence-corrected chi connectivity index (χ3v) is 4.22. The van der Waals surface area contributed by atoms with Crippen LogP contribution < -0.4 is 5.73 Å². The monoisotopic (exact) mass is 297 g/mol. The van der Waals surface area contributed by atoms with E-state index < -0.39 is 6.10 Å². The van der Waals surface area contributed by atoms with Gasteiger partial charge in [0, 0.05) is 17.5 Å². The number of benzene rings is 1. The van der Waals surface area contributed by atoms with Crippen molar-refractivity contribution >= 4 is 11.6 Å². The van der Waals surface area contributed by atoms with Gasteiger partial charge in [-0.15, -0.1) is 0 Å². The van der Waals surface area contributed by atoms with Crippen molar-refractivity contribution in [2.75, 3.05) is 6.54 Å². The van der Waals surface area contributed by atoms with Crippen molar-refractivity contribution in [3.63, 3.8) is 0 Å². The first-order valence-electron chi connectivity index (χ1n) is 7.83. The van der Waals surface area contributed by atoms with Gasteiger partial charge in [0.25, 0.3) is 0 Å². The lowest BCUT2D eigenvalue weighted by molar-refractivity contribution is 0.132. The normalized spacial score (nSPS) is 14.2. The first-order chi connectivity index (χ1) is 9.70. The lowest BCUT2D eigenvalue weighted by atomic mass is 9.90. The number of hydrogen-bond acceptors (Lipinski definition) is 2. The molecule has 1 aromatic carbocycles. The fraction of sp³-hybridized carbons (Fsp3) is 0.647. The van der Waals surface area contributed by atoms with Gasteiger partial charge in [-0.3, -0.25) is 0 Å². The molecule has 0 saturated heterocycles. The molecule has 3 N–H and O–H groups in total. The predicted octanol–water partition coefficient (Wildman–Crippen LogP) is 4.49. The van der Waals surface area contributed by atoms with Gasteiger partial charge in [-0.05, 0) is 18.1 Å². The molecule has 0 spiro atoms. The molecular weight excluding hydrogens is 270 g/mol. The highest BCUT2D eigenvalue weighted by atomic mass is 35.5. The number of nitrogens with two attached hydrogens (primary N) is 1. The van der Waals surface area contributed by atoms with Crippen molar-refractivity contribution < 1.29 is 5.11 Å². The molecule has 0 radical (unpaired) electrons. The van der Waals surface area contributed by atoms with E-state index in [1.165, 1.54) is 32.1 Å². The molecule has 0 bridgehead atoms. The molecule has 0 aliphatic carbocycles. The zero-order valence-corrected chi connectivity index (χ0v) is 13.3. The second-order valence-electron chi connectivity index (χ2n) is 5.49. The van der Waals surface area contributed by atoms with Crippen molar-refractivity contribution in [2.45, 2.75) is 63.9 Å². The van der Waals surface area contributed by atoms with Gasteiger partial charge >= 0.3 is 0 Å². The van der Waals surface area contributed by atoms with Crippen LogP contribution in [0.2, 0.25) is 5.02 Å². The van der Waals surface area contributed by atoms with Crippen molar-refractivity contribution in [1.29, 1.82) is 0 Å². The minimum absolute atomic E-state index is 0.0562. The molecule has 0 saturated carbocycles. The van der Waals surface area contributed by atoms with E-state index in [-0.39, 0.29) is 5.92 Å². The quantitative estimate of drug-likeness (QED) is 0.625. The summed E-state index contributed by atoms with van der Waals surface area (Å²) in [6, 6.07) is 7.67. The maximum Gasteiger partial charge on any atom is 0.0621 e. The van der Waals surface area contributed by atoms with Crippen LogP contribution in [0.4, 0.5) is 0 Å². The summed E-state index contributed by atoms with van der Waals surface area (Å²) < 4.78 is 0. The first-order valence-corrected chi connectivity index (χ1v) is 8.21. The van der Waals surface area contributed by atoms with Crippen LogP contribution in [-0.2, 0) is 0 Å². The molecule has 0 aromatic heterocycles. The number of hydrogen-bond donors (Lipinski definition) is 2. The van der Waals surface area contributed by atoms with Crippen LogP contribution >= 0.6 is 11.6 Å². The Morgan fingerprint density at radius 2 is 1.75 bits per heavy atom. The van der Waals surface area contributed by atoms with Crippen LogP contribution in [0.25, 0.3) is 0 Å². The van der Waals surface area contributed by atoms with Gasteiger partial charge in [0.05, 0.1) is 6.10 Å². The van der Waals surface area contributed by atoms with Crippen LogP contribution in [0.5, 0.6) is 0 Å². The highest BCUT2D eigenvalue weighted by Gasteiger charge is 2.21. The number of halogens is 1. The van der Waals surface area contributed by atoms with Crippen LogP contribution in [0, 0.1) is 0 Å². The highest BCUT2D eigenvalue weighted by molar-refractivity contribution is 6.31. The van der Waals surface area contributed by atoms with Crippen molar-refractivity contribution in [3.05, 3.63) is 34.9 Å². The molecule has 2 nitrogen and oxygen atoms in total. The summed E-state index contributed by atoms with van der Waals surface area (Å²) >= 11 is 6.19. The molecule has 1 rings (SSSR count). The number of aliphatic hydroxyl groups excluding tert-OH is 1. The largest absolute Gasteiger partial charge is 0.392 e. The van der Waals surface area contributed by atoms with Crippen LogP contribution in [-0.4, -0.2) is 17.8 Å². The van der Waals surface area contributed by atoms with Crippen LogP contribution in [0.15, 0.2) is 24.3 Å². The van der Waals surface area contributed by atoms with Gasteiger partial charge in [-0.1, -0.05) is 75.2 Å². The topological polar surface area (TPSA) is 46.2 Å². The summed E-state index contributed by atoms with van der Waals surface area (Å²) in [5.74, 6) is -0.0562. The second kappa shape index (κ2) is 10.2. The predicted molar refractivity (Wildman–Crippen MR) is 87.2 cm³/mol. The molecule has 2 atom stereocenters. The van der Waals surface area contributed by atoms with E-state index >= 15 is 0 Å². The Labute approximate surface area is 128 Å². The maximum atomic E-state index is 10.4. The zero-order chi connectivity index (χ0) is 14.8. The molecule has 114 valence electrons. The molecule has 2 unspecified atom stereocenters. The van der Waals surface area contributed by atoms with E-state index in [2.05, 4.69) is 6.92 Å². The minimum atomic E-state index is -0.397. The lowest BCUT2D eigenvalue weighted by Crippen LogP contribution is -2.26. The SMILES string of the molecule is CCCCCCCCC(O)C(CN)c1ccccc1Cl. The fourth-order valence-electron chi connectivity index (χ4n) is 2.60. The summed E-state index contributed by atoms with van der Waals surface area (Å²) in [6.45, 7) is 2.65. The summed E-state index contributed by atoms with van der Waals surface area (Å²) in [4.78, 5) is 0. The first kappa shape index (κ1) is 17.5. The second-order valence-corrected chi connectivity index (χ2v) is 5.89. The molecular formula is C17H28ClNO. The maximum absolute atomic E-state index is 10.4. The highest BCUT2D eigenvalue weighted by Crippen LogP contribution is 2.28. The number of rotatable bonds is 10. The van der Waals surface area contributed by atoms with Gasteiger partial charge < -0.3 is 10.8 Å². The Kier molecular flexibility index (Phi) is 8.92. The Morgan fingerprint density at radius 3 is 2.40 bits per heavy atom. The minimum Gasteiger partial charge on any atom is -0.392 e. The van der Waals surface area contributed by atoms with Crippen molar-refractivity contribution in [3.8, 4) is 0 Å². The molecule has 0 heterocycles. The van der Waals surface area contributed by atoms with Gasteiger partial charge in [0.2, 0.25) is 0 Å². The molecule has 0 aliphatic heterocycles. The Balaban J connectivity index is 2.40. The van der Waals surface area contributed by atoms with Gasteiger partial charge in [-0.2, -0.15) is 0 Å². The average molecular weight is 298 g/mol. The van der Waals surface area contributed by atoms with E-state index in [9.17, 15) is 5.11 Å². The number of aliphatic hydroxyl groups is 1. The summed E-state index contributed by atoms with van der Waals surface area (Å²) in [5, 5.41) is 11.0. The molecule has 20 heavy (non-hydrogen) atoms. The van der Waals surface area contributed by atoms with Gasteiger partial charge in [-0.25, -0.2) is 0 Å². The Bertz CT molecular complexity index is 370. The van der Waals surface area contributed by atoms with Gasteiger partial charge in [0.1, 0.15) is 0 Å². The molecule has 0 aliphatic rings. The molecule has 3 heteroatoms. The van der Waals surface area contributed by atoms with Gasteiger partial charge in [0.15, 0.2) is 0 Å². The molecule has 0 fully saturated rings. The van der Waals surface area contributed by atoms with E-state index in [0.29, 0.717) is 11.6 Å². The standard InChI is InChI=1S/C17H28ClNO/c1-2-3-4-5-6-7-12-17(20)15(13-19)14-10-8-9-11-16(14)18/h8-11,15,17,20H,2-7,12-13,19H2,1H3. The number of unbranched alkanes of at least 4 members (excludes halogenated alkanes) is 5. The van der Waals surface area contributed by atoms with Crippen LogP contribution in [0.1, 0.15) is 63.4 Å². The van der Waals surface area contributed by atoms with E-state index in [4.69, 9.17) is 17.3 Å². The molecule has 1 aromatic rings. The third kappa shape index (κ3) is 5.82. The van der Waals surface area contributed by atoms with E-state index in [1.807, 2.05) is 24.3 Å². The lowest BCUT2D eigenvalue weighted by Gasteiger charge is -2.22. The Morgan fingerprint density at radius 1 is 1.10 bits per heavy atom. The van der Waals surface area contributed by atoms with Crippen molar-refractivity contribution in [1.82, 2.24) is 0 Å². The third-order valence-electron chi connectivity index (χ3n) is 3.88. The van der Waals surface area contributed by atoms with Crippen molar-refractivity contribution in [2.24, 2.45) is 5.73 Å². The van der Waals surface area contributed by atoms with Crippen LogP contribution in [0.3, 0.4) is 0 Å². The van der Waals surface area contributed by atoms with E-state index in [1.54, 1.807) is 0 Å². The zero-order valence-electron chi connectivity index (χ0n) is 12.5. The smallest absolute Gasteiger partial charge is 0.0621 e. The average Bonchev–Trinajstić information content (AvgIpc) is 2.45. The summed E-state index contributed by atoms with van der Waals surface area (Å²) in [7, 11) is 0. The fourth-order valence-corrected chi connectivity index (χ4v) is 2.88. The Hall–Kier alpha value is -0.570. The van der Waals surface area contributed by atoms with E-state index in [0.717, 1.165) is 18.4 Å². The molecule has 0 amide bonds. The summed E-state index contributed by atoms with van der Waals surface area (Å²) in [6.07, 6.45) is 7.81.